The standard InChI is InChI=1S/C17H18Cl2N4O/c1-11-20-14(10-15(21-11)23-8-3-2-4-9-23)17(24)22-13-7-5-6-12(18)16(13)19/h5-7,10H,2-4,8-9H2,1H3,(H,22,24). The van der Waals surface area contributed by atoms with Gasteiger partial charge in [-0.2, -0.15) is 0 Å². The van der Waals surface area contributed by atoms with Crippen LogP contribution in [0.4, 0.5) is 11.5 Å². The van der Waals surface area contributed by atoms with Crippen LogP contribution in [-0.2, 0) is 0 Å². The number of rotatable bonds is 3. The molecule has 126 valence electrons. The number of carbonyl (C=O) groups is 1. The van der Waals surface area contributed by atoms with E-state index in [1.165, 1.54) is 6.42 Å². The van der Waals surface area contributed by atoms with Gasteiger partial charge in [0.25, 0.3) is 5.91 Å². The van der Waals surface area contributed by atoms with E-state index in [-0.39, 0.29) is 5.91 Å². The van der Waals surface area contributed by atoms with Gasteiger partial charge in [0, 0.05) is 19.2 Å². The molecule has 0 radical (unpaired) electrons. The molecule has 1 aromatic carbocycles. The molecule has 1 amide bonds. The molecule has 0 saturated carbocycles. The van der Waals surface area contributed by atoms with Crippen molar-refractivity contribution in [1.82, 2.24) is 9.97 Å². The summed E-state index contributed by atoms with van der Waals surface area (Å²) in [7, 11) is 0. The third-order valence-corrected chi connectivity index (χ3v) is 4.76. The van der Waals surface area contributed by atoms with Crippen molar-refractivity contribution in [3.05, 3.63) is 45.8 Å². The molecule has 1 aromatic heterocycles. The number of benzene rings is 1. The average Bonchev–Trinajstić information content (AvgIpc) is 2.59. The Balaban J connectivity index is 1.84. The van der Waals surface area contributed by atoms with E-state index >= 15 is 0 Å². The van der Waals surface area contributed by atoms with Gasteiger partial charge >= 0.3 is 0 Å². The number of aromatic nitrogens is 2. The first-order chi connectivity index (χ1) is 11.5. The lowest BCUT2D eigenvalue weighted by Crippen LogP contribution is -2.31. The Kier molecular flexibility index (Phi) is 5.21. The normalized spacial score (nSPS) is 14.5. The molecule has 1 fully saturated rings. The van der Waals surface area contributed by atoms with Gasteiger partial charge in [-0.25, -0.2) is 9.97 Å². The molecule has 1 aliphatic heterocycles. The van der Waals surface area contributed by atoms with Crippen LogP contribution in [0, 0.1) is 6.92 Å². The van der Waals surface area contributed by atoms with Crippen LogP contribution in [0.2, 0.25) is 10.0 Å². The lowest BCUT2D eigenvalue weighted by molar-refractivity contribution is 0.102. The molecule has 7 heteroatoms. The second-order valence-electron chi connectivity index (χ2n) is 5.76. The van der Waals surface area contributed by atoms with Crippen LogP contribution < -0.4 is 10.2 Å². The molecule has 5 nitrogen and oxygen atoms in total. The maximum Gasteiger partial charge on any atom is 0.274 e. The zero-order valence-corrected chi connectivity index (χ0v) is 14.9. The number of nitrogens with one attached hydrogen (secondary N) is 1. The predicted molar refractivity (Wildman–Crippen MR) is 97.2 cm³/mol. The van der Waals surface area contributed by atoms with Crippen LogP contribution >= 0.6 is 23.2 Å². The number of halogens is 2. The average molecular weight is 365 g/mol. The Bertz CT molecular complexity index is 760. The van der Waals surface area contributed by atoms with Crippen LogP contribution in [-0.4, -0.2) is 29.0 Å². The van der Waals surface area contributed by atoms with Gasteiger partial charge in [0.05, 0.1) is 15.7 Å². The van der Waals surface area contributed by atoms with E-state index in [4.69, 9.17) is 23.2 Å². The Labute approximate surface area is 151 Å². The zero-order chi connectivity index (χ0) is 17.1. The van der Waals surface area contributed by atoms with Gasteiger partial charge in [-0.05, 0) is 38.3 Å². The molecular formula is C17H18Cl2N4O. The van der Waals surface area contributed by atoms with Crippen molar-refractivity contribution < 1.29 is 4.79 Å². The Morgan fingerprint density at radius 1 is 1.17 bits per heavy atom. The molecule has 3 rings (SSSR count). The summed E-state index contributed by atoms with van der Waals surface area (Å²) in [5, 5.41) is 3.47. The first-order valence-electron chi connectivity index (χ1n) is 7.90. The molecule has 2 heterocycles. The minimum atomic E-state index is -0.331. The van der Waals surface area contributed by atoms with Crippen LogP contribution in [0.25, 0.3) is 0 Å². The van der Waals surface area contributed by atoms with E-state index in [1.807, 2.05) is 0 Å². The fourth-order valence-corrected chi connectivity index (χ4v) is 3.09. The minimum Gasteiger partial charge on any atom is -0.356 e. The number of nitrogens with zero attached hydrogens (tertiary/aromatic N) is 3. The number of hydrogen-bond acceptors (Lipinski definition) is 4. The fourth-order valence-electron chi connectivity index (χ4n) is 2.74. The number of piperidine rings is 1. The van der Waals surface area contributed by atoms with E-state index in [0.29, 0.717) is 27.3 Å². The maximum absolute atomic E-state index is 12.5. The fraction of sp³-hybridized carbons (Fsp3) is 0.353. The molecule has 1 N–H and O–H groups in total. The number of aryl methyl sites for hydroxylation is 1. The summed E-state index contributed by atoms with van der Waals surface area (Å²) in [6, 6.07) is 6.83. The van der Waals surface area contributed by atoms with Crippen molar-refractivity contribution in [2.75, 3.05) is 23.3 Å². The van der Waals surface area contributed by atoms with Gasteiger partial charge in [0.15, 0.2) is 0 Å². The molecule has 24 heavy (non-hydrogen) atoms. The van der Waals surface area contributed by atoms with Crippen molar-refractivity contribution in [3.8, 4) is 0 Å². The van der Waals surface area contributed by atoms with Gasteiger partial charge in [0.1, 0.15) is 17.3 Å². The molecule has 0 aliphatic carbocycles. The number of carbonyl (C=O) groups excluding carboxylic acids is 1. The number of amides is 1. The number of hydrogen-bond donors (Lipinski definition) is 1. The molecule has 0 unspecified atom stereocenters. The van der Waals surface area contributed by atoms with E-state index in [9.17, 15) is 4.79 Å². The highest BCUT2D eigenvalue weighted by atomic mass is 35.5. The van der Waals surface area contributed by atoms with Crippen molar-refractivity contribution in [2.24, 2.45) is 0 Å². The summed E-state index contributed by atoms with van der Waals surface area (Å²) in [4.78, 5) is 23.5. The van der Waals surface area contributed by atoms with E-state index in [2.05, 4.69) is 20.2 Å². The zero-order valence-electron chi connectivity index (χ0n) is 13.4. The van der Waals surface area contributed by atoms with Crippen molar-refractivity contribution in [3.63, 3.8) is 0 Å². The monoisotopic (exact) mass is 364 g/mol. The molecule has 2 aromatic rings. The quantitative estimate of drug-likeness (QED) is 0.879. The summed E-state index contributed by atoms with van der Waals surface area (Å²) in [5.41, 5.74) is 0.782. The van der Waals surface area contributed by atoms with E-state index < -0.39 is 0 Å². The van der Waals surface area contributed by atoms with Crippen LogP contribution in [0.15, 0.2) is 24.3 Å². The molecule has 0 bridgehead atoms. The highest BCUT2D eigenvalue weighted by molar-refractivity contribution is 6.44. The third-order valence-electron chi connectivity index (χ3n) is 3.94. The SMILES string of the molecule is Cc1nc(C(=O)Nc2cccc(Cl)c2Cl)cc(N2CCCCC2)n1. The Morgan fingerprint density at radius 3 is 2.67 bits per heavy atom. The second kappa shape index (κ2) is 7.36. The van der Waals surface area contributed by atoms with Crippen molar-refractivity contribution in [1.29, 1.82) is 0 Å². The summed E-state index contributed by atoms with van der Waals surface area (Å²) < 4.78 is 0. The van der Waals surface area contributed by atoms with Crippen LogP contribution in [0.5, 0.6) is 0 Å². The van der Waals surface area contributed by atoms with Gasteiger partial charge < -0.3 is 10.2 Å². The highest BCUT2D eigenvalue weighted by Gasteiger charge is 2.17. The lowest BCUT2D eigenvalue weighted by atomic mass is 10.1. The Morgan fingerprint density at radius 2 is 1.92 bits per heavy atom. The van der Waals surface area contributed by atoms with Gasteiger partial charge in [0.2, 0.25) is 0 Å². The van der Waals surface area contributed by atoms with E-state index in [0.717, 1.165) is 31.7 Å². The molecule has 0 spiro atoms. The maximum atomic E-state index is 12.5. The lowest BCUT2D eigenvalue weighted by Gasteiger charge is -2.28. The predicted octanol–water partition coefficient (Wildman–Crippen LogP) is 4.33. The largest absolute Gasteiger partial charge is 0.356 e. The van der Waals surface area contributed by atoms with Crippen molar-refractivity contribution in [2.45, 2.75) is 26.2 Å². The van der Waals surface area contributed by atoms with Gasteiger partial charge in [-0.15, -0.1) is 0 Å². The third kappa shape index (κ3) is 3.79. The van der Waals surface area contributed by atoms with Crippen LogP contribution in [0.3, 0.4) is 0 Å². The smallest absolute Gasteiger partial charge is 0.274 e. The van der Waals surface area contributed by atoms with Crippen molar-refractivity contribution >= 4 is 40.6 Å². The molecular weight excluding hydrogens is 347 g/mol. The molecule has 1 aliphatic rings. The highest BCUT2D eigenvalue weighted by Crippen LogP contribution is 2.30. The van der Waals surface area contributed by atoms with Crippen LogP contribution in [0.1, 0.15) is 35.6 Å². The topological polar surface area (TPSA) is 58.1 Å². The first kappa shape index (κ1) is 17.0. The first-order valence-corrected chi connectivity index (χ1v) is 8.66. The summed E-state index contributed by atoms with van der Waals surface area (Å²) >= 11 is 12.1. The van der Waals surface area contributed by atoms with Gasteiger partial charge in [-0.3, -0.25) is 4.79 Å². The second-order valence-corrected chi connectivity index (χ2v) is 6.55. The van der Waals surface area contributed by atoms with E-state index in [1.54, 1.807) is 31.2 Å². The van der Waals surface area contributed by atoms with Gasteiger partial charge in [-0.1, -0.05) is 29.3 Å². The summed E-state index contributed by atoms with van der Waals surface area (Å²) in [6.45, 7) is 3.70. The summed E-state index contributed by atoms with van der Waals surface area (Å²) in [5.74, 6) is 1.04. The number of anilines is 2. The molecule has 1 saturated heterocycles. The molecule has 0 atom stereocenters. The Hall–Kier alpha value is -1.85. The summed E-state index contributed by atoms with van der Waals surface area (Å²) in [6.07, 6.45) is 3.52. The minimum absolute atomic E-state index is 0.314.